The molecule has 0 aliphatic carbocycles. The normalized spacial score (nSPS) is 10.4. The van der Waals surface area contributed by atoms with Gasteiger partial charge in [0.1, 0.15) is 12.3 Å². The average Bonchev–Trinajstić information content (AvgIpc) is 3.10. The number of amides is 1. The fourth-order valence-corrected chi connectivity index (χ4v) is 2.21. The molecular weight excluding hydrogens is 306 g/mol. The van der Waals surface area contributed by atoms with E-state index in [0.29, 0.717) is 11.6 Å². The van der Waals surface area contributed by atoms with Crippen molar-refractivity contribution in [2.45, 2.75) is 6.54 Å². The van der Waals surface area contributed by atoms with Crippen molar-refractivity contribution in [3.8, 4) is 17.1 Å². The summed E-state index contributed by atoms with van der Waals surface area (Å²) in [6, 6.07) is 16.8. The summed E-state index contributed by atoms with van der Waals surface area (Å²) in [4.78, 5) is 15.2. The van der Waals surface area contributed by atoms with Crippen LogP contribution in [0.15, 0.2) is 54.6 Å². The number of benzene rings is 2. The molecule has 0 saturated heterocycles. The lowest BCUT2D eigenvalue weighted by atomic mass is 10.2. The molecule has 0 aliphatic rings. The van der Waals surface area contributed by atoms with Gasteiger partial charge in [-0.05, 0) is 29.5 Å². The van der Waals surface area contributed by atoms with Crippen molar-refractivity contribution in [3.63, 3.8) is 0 Å². The largest absolute Gasteiger partial charge is 0.497 e. The van der Waals surface area contributed by atoms with E-state index in [0.717, 1.165) is 11.3 Å². The molecule has 3 aromatic rings. The highest BCUT2D eigenvalue weighted by atomic mass is 16.5. The third kappa shape index (κ3) is 3.40. The molecule has 0 saturated carbocycles. The van der Waals surface area contributed by atoms with Gasteiger partial charge in [-0.15, -0.1) is 10.2 Å². The van der Waals surface area contributed by atoms with Gasteiger partial charge in [-0.25, -0.2) is 0 Å². The Labute approximate surface area is 139 Å². The van der Waals surface area contributed by atoms with Crippen molar-refractivity contribution < 1.29 is 9.53 Å². The van der Waals surface area contributed by atoms with E-state index in [1.807, 2.05) is 54.6 Å². The van der Waals surface area contributed by atoms with Crippen molar-refractivity contribution >= 4 is 11.6 Å². The monoisotopic (exact) mass is 323 g/mol. The molecule has 0 N–H and O–H groups in total. The van der Waals surface area contributed by atoms with E-state index in [9.17, 15) is 4.79 Å². The minimum absolute atomic E-state index is 0.0162. The Bertz CT molecular complexity index is 832. The Hall–Kier alpha value is -3.22. The van der Waals surface area contributed by atoms with E-state index in [4.69, 9.17) is 4.74 Å². The smallest absolute Gasteiger partial charge is 0.250 e. The number of hydrogen-bond donors (Lipinski definition) is 0. The van der Waals surface area contributed by atoms with Crippen molar-refractivity contribution in [1.82, 2.24) is 20.2 Å². The van der Waals surface area contributed by atoms with Crippen LogP contribution in [0.5, 0.6) is 5.75 Å². The Morgan fingerprint density at radius 3 is 2.71 bits per heavy atom. The Morgan fingerprint density at radius 1 is 1.17 bits per heavy atom. The van der Waals surface area contributed by atoms with Crippen LogP contribution in [0.1, 0.15) is 0 Å². The predicted octanol–water partition coefficient (Wildman–Crippen LogP) is 2.01. The quantitative estimate of drug-likeness (QED) is 0.718. The Balaban J connectivity index is 1.73. The minimum atomic E-state index is -0.129. The topological polar surface area (TPSA) is 73.1 Å². The maximum absolute atomic E-state index is 12.3. The Kier molecular flexibility index (Phi) is 4.51. The number of hydrogen-bond acceptors (Lipinski definition) is 5. The molecule has 3 rings (SSSR count). The molecular formula is C17H17N5O2. The number of tetrazole rings is 1. The number of carbonyl (C=O) groups excluding carboxylic acids is 1. The van der Waals surface area contributed by atoms with Gasteiger partial charge in [0.05, 0.1) is 7.11 Å². The minimum Gasteiger partial charge on any atom is -0.497 e. The van der Waals surface area contributed by atoms with Crippen molar-refractivity contribution in [3.05, 3.63) is 54.6 Å². The number of anilines is 1. The van der Waals surface area contributed by atoms with Gasteiger partial charge >= 0.3 is 0 Å². The van der Waals surface area contributed by atoms with Crippen LogP contribution >= 0.6 is 0 Å². The van der Waals surface area contributed by atoms with Crippen LogP contribution in [-0.2, 0) is 11.3 Å². The number of methoxy groups -OCH3 is 1. The summed E-state index contributed by atoms with van der Waals surface area (Å²) >= 11 is 0. The van der Waals surface area contributed by atoms with E-state index < -0.39 is 0 Å². The zero-order chi connectivity index (χ0) is 16.9. The molecule has 1 heterocycles. The number of nitrogens with zero attached hydrogens (tertiary/aromatic N) is 5. The van der Waals surface area contributed by atoms with Crippen molar-refractivity contribution in [1.29, 1.82) is 0 Å². The highest BCUT2D eigenvalue weighted by Crippen LogP contribution is 2.20. The first-order valence-electron chi connectivity index (χ1n) is 7.41. The summed E-state index contributed by atoms with van der Waals surface area (Å²) in [6.07, 6.45) is 0. The third-order valence-corrected chi connectivity index (χ3v) is 3.58. The summed E-state index contributed by atoms with van der Waals surface area (Å²) in [5.41, 5.74) is 1.60. The zero-order valence-corrected chi connectivity index (χ0v) is 13.5. The van der Waals surface area contributed by atoms with Crippen molar-refractivity contribution in [2.24, 2.45) is 0 Å². The van der Waals surface area contributed by atoms with Crippen LogP contribution < -0.4 is 9.64 Å². The SMILES string of the molecule is COc1cccc(-c2nnn(CC(=O)N(C)c3ccccc3)n2)c1. The summed E-state index contributed by atoms with van der Waals surface area (Å²) in [6.45, 7) is 0.0162. The van der Waals surface area contributed by atoms with Gasteiger partial charge in [-0.2, -0.15) is 4.80 Å². The van der Waals surface area contributed by atoms with Crippen molar-refractivity contribution in [2.75, 3.05) is 19.1 Å². The first-order chi connectivity index (χ1) is 11.7. The number of likely N-dealkylation sites (N-methyl/N-ethyl adjacent to an activating group) is 1. The number of rotatable bonds is 5. The van der Waals surface area contributed by atoms with Gasteiger partial charge in [0.2, 0.25) is 11.7 Å². The first-order valence-corrected chi connectivity index (χ1v) is 7.41. The molecule has 0 unspecified atom stereocenters. The van der Waals surface area contributed by atoms with E-state index in [1.54, 1.807) is 19.1 Å². The molecule has 0 bridgehead atoms. The molecule has 7 heteroatoms. The van der Waals surface area contributed by atoms with Gasteiger partial charge in [0.15, 0.2) is 0 Å². The second-order valence-corrected chi connectivity index (χ2v) is 5.16. The second-order valence-electron chi connectivity index (χ2n) is 5.16. The predicted molar refractivity (Wildman–Crippen MR) is 89.7 cm³/mol. The molecule has 0 fully saturated rings. The highest BCUT2D eigenvalue weighted by Gasteiger charge is 2.14. The summed E-state index contributed by atoms with van der Waals surface area (Å²) in [5.74, 6) is 1.03. The zero-order valence-electron chi connectivity index (χ0n) is 13.5. The molecule has 0 spiro atoms. The molecule has 0 radical (unpaired) electrons. The van der Waals surface area contributed by atoms with E-state index >= 15 is 0 Å². The van der Waals surface area contributed by atoms with Gasteiger partial charge in [-0.1, -0.05) is 30.3 Å². The number of para-hydroxylation sites is 1. The average molecular weight is 323 g/mol. The molecule has 1 amide bonds. The molecule has 7 nitrogen and oxygen atoms in total. The fourth-order valence-electron chi connectivity index (χ4n) is 2.21. The fraction of sp³-hybridized carbons (Fsp3) is 0.176. The number of ether oxygens (including phenoxy) is 1. The van der Waals surface area contributed by atoms with E-state index in [-0.39, 0.29) is 12.5 Å². The van der Waals surface area contributed by atoms with Crippen LogP contribution in [0.4, 0.5) is 5.69 Å². The molecule has 1 aromatic heterocycles. The van der Waals surface area contributed by atoms with E-state index in [1.165, 1.54) is 4.80 Å². The lowest BCUT2D eigenvalue weighted by Gasteiger charge is -2.16. The Morgan fingerprint density at radius 2 is 1.96 bits per heavy atom. The maximum Gasteiger partial charge on any atom is 0.250 e. The number of carbonyl (C=O) groups is 1. The maximum atomic E-state index is 12.3. The second kappa shape index (κ2) is 6.91. The van der Waals surface area contributed by atoms with Crippen LogP contribution in [0.3, 0.4) is 0 Å². The number of aromatic nitrogens is 4. The summed E-state index contributed by atoms with van der Waals surface area (Å²) in [5, 5.41) is 12.2. The first kappa shape index (κ1) is 15.7. The molecule has 0 aliphatic heterocycles. The third-order valence-electron chi connectivity index (χ3n) is 3.58. The summed E-state index contributed by atoms with van der Waals surface area (Å²) in [7, 11) is 3.32. The van der Waals surface area contributed by atoms with Crippen LogP contribution in [0.2, 0.25) is 0 Å². The van der Waals surface area contributed by atoms with Gasteiger partial charge in [0.25, 0.3) is 0 Å². The van der Waals surface area contributed by atoms with Gasteiger partial charge < -0.3 is 9.64 Å². The molecule has 122 valence electrons. The van der Waals surface area contributed by atoms with Gasteiger partial charge in [-0.3, -0.25) is 4.79 Å². The standard InChI is InChI=1S/C17H17N5O2/c1-21(14-8-4-3-5-9-14)16(23)12-22-19-17(18-20-22)13-7-6-10-15(11-13)24-2/h3-11H,12H2,1-2H3. The van der Waals surface area contributed by atoms with E-state index in [2.05, 4.69) is 15.4 Å². The lowest BCUT2D eigenvalue weighted by molar-refractivity contribution is -0.119. The molecule has 2 aromatic carbocycles. The molecule has 0 atom stereocenters. The lowest BCUT2D eigenvalue weighted by Crippen LogP contribution is -2.30. The summed E-state index contributed by atoms with van der Waals surface area (Å²) < 4.78 is 5.18. The van der Waals surface area contributed by atoms with Gasteiger partial charge in [0, 0.05) is 18.3 Å². The molecule has 24 heavy (non-hydrogen) atoms. The van der Waals surface area contributed by atoms with Crippen LogP contribution in [-0.4, -0.2) is 40.3 Å². The van der Waals surface area contributed by atoms with Crippen LogP contribution in [0.25, 0.3) is 11.4 Å². The van der Waals surface area contributed by atoms with Crippen LogP contribution in [0, 0.1) is 0 Å². The highest BCUT2D eigenvalue weighted by molar-refractivity contribution is 5.92.